The van der Waals surface area contributed by atoms with Gasteiger partial charge in [-0.25, -0.2) is 8.96 Å². The largest absolute Gasteiger partial charge is 0.246 e. The number of hydrogen-bond acceptors (Lipinski definition) is 0. The van der Waals surface area contributed by atoms with Gasteiger partial charge in [-0.3, -0.25) is 0 Å². The van der Waals surface area contributed by atoms with Gasteiger partial charge in [-0.1, -0.05) is 30.3 Å². The Morgan fingerprint density at radius 3 is 2.13 bits per heavy atom. The van der Waals surface area contributed by atoms with Crippen molar-refractivity contribution in [3.8, 4) is 0 Å². The van der Waals surface area contributed by atoms with Crippen molar-refractivity contribution in [3.05, 3.63) is 66.0 Å². The molecule has 0 atom stereocenters. The van der Waals surface area contributed by atoms with E-state index in [1.165, 1.54) is 5.56 Å². The first-order valence-corrected chi connectivity index (χ1v) is 4.96. The van der Waals surface area contributed by atoms with Crippen molar-refractivity contribution >= 4 is 0 Å². The highest BCUT2D eigenvalue weighted by Gasteiger charge is 2.01. The summed E-state index contributed by atoms with van der Waals surface area (Å²) >= 11 is 0. The molecular formula is C13H13FN+. The van der Waals surface area contributed by atoms with E-state index >= 15 is 0 Å². The first-order valence-electron chi connectivity index (χ1n) is 4.96. The zero-order chi connectivity index (χ0) is 10.5. The lowest BCUT2D eigenvalue weighted by atomic mass is 10.2. The molecule has 0 amide bonds. The maximum absolute atomic E-state index is 12.3. The van der Waals surface area contributed by atoms with E-state index in [-0.39, 0.29) is 0 Å². The molecule has 0 bridgehead atoms. The SMILES string of the molecule is FCc1cc[n+](Cc2ccccc2)cc1. The molecule has 1 heterocycles. The van der Waals surface area contributed by atoms with Crippen LogP contribution in [0.15, 0.2) is 54.9 Å². The number of alkyl halides is 1. The van der Waals surface area contributed by atoms with Crippen LogP contribution in [-0.4, -0.2) is 0 Å². The van der Waals surface area contributed by atoms with Crippen LogP contribution in [0.2, 0.25) is 0 Å². The van der Waals surface area contributed by atoms with Gasteiger partial charge in [0.2, 0.25) is 0 Å². The molecule has 1 aromatic carbocycles. The Labute approximate surface area is 88.8 Å². The smallest absolute Gasteiger partial charge is 0.173 e. The summed E-state index contributed by atoms with van der Waals surface area (Å²) in [6.45, 7) is 0.430. The summed E-state index contributed by atoms with van der Waals surface area (Å²) in [7, 11) is 0. The van der Waals surface area contributed by atoms with E-state index in [1.54, 1.807) is 0 Å². The van der Waals surface area contributed by atoms with Gasteiger partial charge in [0.15, 0.2) is 18.9 Å². The normalized spacial score (nSPS) is 10.2. The highest BCUT2D eigenvalue weighted by molar-refractivity contribution is 5.13. The molecule has 0 spiro atoms. The van der Waals surface area contributed by atoms with Gasteiger partial charge in [0.05, 0.1) is 0 Å². The average Bonchev–Trinajstić information content (AvgIpc) is 2.31. The number of halogens is 1. The van der Waals surface area contributed by atoms with E-state index in [2.05, 4.69) is 12.1 Å². The van der Waals surface area contributed by atoms with E-state index in [0.29, 0.717) is 0 Å². The third-order valence-corrected chi connectivity index (χ3v) is 2.32. The zero-order valence-corrected chi connectivity index (χ0v) is 8.44. The molecule has 0 fully saturated rings. The molecule has 0 radical (unpaired) electrons. The standard InChI is InChI=1S/C13H13FN/c14-10-12-6-8-15(9-7-12)11-13-4-2-1-3-5-13/h1-9H,10-11H2/q+1. The first-order chi connectivity index (χ1) is 7.38. The van der Waals surface area contributed by atoms with Crippen LogP contribution in [0, 0.1) is 0 Å². The second-order valence-corrected chi connectivity index (χ2v) is 3.50. The number of nitrogens with zero attached hydrogens (tertiary/aromatic N) is 1. The van der Waals surface area contributed by atoms with Crippen LogP contribution >= 0.6 is 0 Å². The predicted molar refractivity (Wildman–Crippen MR) is 57.0 cm³/mol. The molecule has 0 aliphatic carbocycles. The molecule has 2 rings (SSSR count). The quantitative estimate of drug-likeness (QED) is 0.673. The molecule has 1 aromatic heterocycles. The summed E-state index contributed by atoms with van der Waals surface area (Å²) in [6.07, 6.45) is 3.81. The molecular weight excluding hydrogens is 189 g/mol. The monoisotopic (exact) mass is 202 g/mol. The lowest BCUT2D eigenvalue weighted by molar-refractivity contribution is -0.688. The highest BCUT2D eigenvalue weighted by Crippen LogP contribution is 1.99. The van der Waals surface area contributed by atoms with E-state index in [4.69, 9.17) is 0 Å². The Hall–Kier alpha value is -1.70. The van der Waals surface area contributed by atoms with Crippen LogP contribution in [-0.2, 0) is 13.2 Å². The minimum atomic E-state index is -0.397. The van der Waals surface area contributed by atoms with E-state index in [9.17, 15) is 4.39 Å². The lowest BCUT2D eigenvalue weighted by Gasteiger charge is -1.97. The van der Waals surface area contributed by atoms with Crippen LogP contribution in [0.25, 0.3) is 0 Å². The number of pyridine rings is 1. The Morgan fingerprint density at radius 1 is 0.867 bits per heavy atom. The lowest BCUT2D eigenvalue weighted by Crippen LogP contribution is -2.33. The molecule has 2 aromatic rings. The third kappa shape index (κ3) is 2.62. The van der Waals surface area contributed by atoms with Crippen molar-refractivity contribution in [2.45, 2.75) is 13.2 Å². The van der Waals surface area contributed by atoms with Gasteiger partial charge in [0.25, 0.3) is 0 Å². The van der Waals surface area contributed by atoms with Crippen molar-refractivity contribution < 1.29 is 8.96 Å². The number of hydrogen-bond donors (Lipinski definition) is 0. The number of benzene rings is 1. The summed E-state index contributed by atoms with van der Waals surface area (Å²) < 4.78 is 14.3. The molecule has 1 nitrogen and oxygen atoms in total. The zero-order valence-electron chi connectivity index (χ0n) is 8.44. The predicted octanol–water partition coefficient (Wildman–Crippen LogP) is 2.49. The number of rotatable bonds is 3. The van der Waals surface area contributed by atoms with Gasteiger partial charge >= 0.3 is 0 Å². The Balaban J connectivity index is 2.11. The van der Waals surface area contributed by atoms with Gasteiger partial charge in [-0.05, 0) is 5.56 Å². The van der Waals surface area contributed by atoms with Crippen molar-refractivity contribution in [2.75, 3.05) is 0 Å². The molecule has 76 valence electrons. The minimum Gasteiger partial charge on any atom is -0.246 e. The minimum absolute atomic E-state index is 0.397. The molecule has 2 heteroatoms. The van der Waals surface area contributed by atoms with Crippen molar-refractivity contribution in [3.63, 3.8) is 0 Å². The molecule has 0 aliphatic rings. The van der Waals surface area contributed by atoms with Gasteiger partial charge in [0.1, 0.15) is 6.67 Å². The Bertz CT molecular complexity index is 408. The van der Waals surface area contributed by atoms with Crippen molar-refractivity contribution in [1.29, 1.82) is 0 Å². The third-order valence-electron chi connectivity index (χ3n) is 2.32. The van der Waals surface area contributed by atoms with Gasteiger partial charge in [-0.15, -0.1) is 0 Å². The fourth-order valence-corrected chi connectivity index (χ4v) is 1.48. The molecule has 0 N–H and O–H groups in total. The van der Waals surface area contributed by atoms with Crippen LogP contribution < -0.4 is 4.57 Å². The molecule has 0 saturated heterocycles. The van der Waals surface area contributed by atoms with Crippen LogP contribution in [0.3, 0.4) is 0 Å². The van der Waals surface area contributed by atoms with Crippen LogP contribution in [0.4, 0.5) is 4.39 Å². The van der Waals surface area contributed by atoms with Gasteiger partial charge < -0.3 is 0 Å². The average molecular weight is 202 g/mol. The van der Waals surface area contributed by atoms with Crippen LogP contribution in [0.1, 0.15) is 11.1 Å². The molecule has 0 unspecified atom stereocenters. The Kier molecular flexibility index (Phi) is 3.08. The van der Waals surface area contributed by atoms with E-state index < -0.39 is 6.67 Å². The van der Waals surface area contributed by atoms with Gasteiger partial charge in [0, 0.05) is 17.7 Å². The second kappa shape index (κ2) is 4.69. The molecule has 15 heavy (non-hydrogen) atoms. The fourth-order valence-electron chi connectivity index (χ4n) is 1.48. The summed E-state index contributed by atoms with van der Waals surface area (Å²) in [4.78, 5) is 0. The first kappa shape index (κ1) is 9.84. The highest BCUT2D eigenvalue weighted by atomic mass is 19.1. The number of aromatic nitrogens is 1. The maximum Gasteiger partial charge on any atom is 0.173 e. The molecule has 0 saturated carbocycles. The summed E-state index contributed by atoms with van der Waals surface area (Å²) in [6, 6.07) is 13.8. The molecule has 0 aliphatic heterocycles. The second-order valence-electron chi connectivity index (χ2n) is 3.50. The van der Waals surface area contributed by atoms with Crippen molar-refractivity contribution in [1.82, 2.24) is 0 Å². The van der Waals surface area contributed by atoms with Crippen molar-refractivity contribution in [2.24, 2.45) is 0 Å². The topological polar surface area (TPSA) is 3.88 Å². The Morgan fingerprint density at radius 2 is 1.53 bits per heavy atom. The summed E-state index contributed by atoms with van der Waals surface area (Å²) in [5.41, 5.74) is 1.97. The fraction of sp³-hybridized carbons (Fsp3) is 0.154. The van der Waals surface area contributed by atoms with E-state index in [1.807, 2.05) is 47.3 Å². The van der Waals surface area contributed by atoms with Crippen LogP contribution in [0.5, 0.6) is 0 Å². The summed E-state index contributed by atoms with van der Waals surface area (Å²) in [5, 5.41) is 0. The maximum atomic E-state index is 12.3. The summed E-state index contributed by atoms with van der Waals surface area (Å²) in [5.74, 6) is 0. The van der Waals surface area contributed by atoms with Gasteiger partial charge in [-0.2, -0.15) is 0 Å². The van der Waals surface area contributed by atoms with E-state index in [0.717, 1.165) is 12.1 Å².